The van der Waals surface area contributed by atoms with Crippen LogP contribution in [0.5, 0.6) is 0 Å². The fraction of sp³-hybridized carbons (Fsp3) is 0.417. The van der Waals surface area contributed by atoms with Crippen LogP contribution >= 0.6 is 0 Å². The van der Waals surface area contributed by atoms with Gasteiger partial charge in [-0.15, -0.1) is 0 Å². The fourth-order valence-electron chi connectivity index (χ4n) is 2.62. The molecule has 2 aliphatic heterocycles. The second-order valence-corrected chi connectivity index (χ2v) is 4.55. The third-order valence-corrected chi connectivity index (χ3v) is 3.52. The number of carbonyl (C=O) groups excluding carboxylic acids is 1. The number of aliphatic hydroxyl groups is 1. The van der Waals surface area contributed by atoms with E-state index >= 15 is 0 Å². The first kappa shape index (κ1) is 12.0. The van der Waals surface area contributed by atoms with E-state index in [0.29, 0.717) is 0 Å². The van der Waals surface area contributed by atoms with Crippen LogP contribution in [0, 0.1) is 0 Å². The summed E-state index contributed by atoms with van der Waals surface area (Å²) in [5.74, 6) is -0.387. The predicted molar refractivity (Wildman–Crippen MR) is 64.7 cm³/mol. The van der Waals surface area contributed by atoms with Gasteiger partial charge in [-0.05, 0) is 5.53 Å². The normalized spacial score (nSPS) is 33.1. The standard InChI is InChI=1S/C12H12N4O3/c13-15-14-9-10(17)8-6-19-12(16(8)11(9)18)7-4-2-1-3-5-7/h1-5,8-10,12,17H,6H2/t8-,9+,10-,12-/m1/s1. The molecule has 0 saturated carbocycles. The Balaban J connectivity index is 1.93. The lowest BCUT2D eigenvalue weighted by Crippen LogP contribution is -2.34. The maximum atomic E-state index is 12.2. The molecule has 4 atom stereocenters. The quantitative estimate of drug-likeness (QED) is 0.487. The van der Waals surface area contributed by atoms with Crippen molar-refractivity contribution in [3.05, 3.63) is 46.3 Å². The molecule has 1 aromatic rings. The van der Waals surface area contributed by atoms with Gasteiger partial charge in [0, 0.05) is 10.5 Å². The van der Waals surface area contributed by atoms with Crippen LogP contribution in [0.3, 0.4) is 0 Å². The Bertz CT molecular complexity index is 543. The van der Waals surface area contributed by atoms with Crippen LogP contribution in [0.25, 0.3) is 10.4 Å². The minimum Gasteiger partial charge on any atom is -0.390 e. The minimum atomic E-state index is -1.05. The molecule has 3 rings (SSSR count). The van der Waals surface area contributed by atoms with E-state index in [9.17, 15) is 9.90 Å². The highest BCUT2D eigenvalue weighted by Gasteiger charge is 2.53. The zero-order valence-electron chi connectivity index (χ0n) is 9.96. The third-order valence-electron chi connectivity index (χ3n) is 3.52. The summed E-state index contributed by atoms with van der Waals surface area (Å²) in [5, 5.41) is 13.4. The van der Waals surface area contributed by atoms with Crippen molar-refractivity contribution in [3.63, 3.8) is 0 Å². The van der Waals surface area contributed by atoms with Gasteiger partial charge in [-0.3, -0.25) is 4.79 Å². The van der Waals surface area contributed by atoms with Crippen molar-refractivity contribution in [2.75, 3.05) is 6.61 Å². The number of hydrogen-bond acceptors (Lipinski definition) is 4. The average molecular weight is 260 g/mol. The summed E-state index contributed by atoms with van der Waals surface area (Å²) in [6, 6.07) is 7.79. The SMILES string of the molecule is [N-]=[N+]=N[C@@H]1C(=O)N2[C@@H](c3ccccc3)OC[C@@H]2[C@H]1O. The van der Waals surface area contributed by atoms with Gasteiger partial charge < -0.3 is 14.7 Å². The van der Waals surface area contributed by atoms with Gasteiger partial charge in [0.15, 0.2) is 6.23 Å². The molecule has 7 nitrogen and oxygen atoms in total. The Morgan fingerprint density at radius 1 is 1.42 bits per heavy atom. The maximum Gasteiger partial charge on any atom is 0.237 e. The summed E-state index contributed by atoms with van der Waals surface area (Å²) in [4.78, 5) is 16.3. The third kappa shape index (κ3) is 1.76. The molecule has 0 radical (unpaired) electrons. The molecule has 0 spiro atoms. The first-order valence-corrected chi connectivity index (χ1v) is 5.95. The molecule has 1 aromatic carbocycles. The number of carbonyl (C=O) groups is 1. The van der Waals surface area contributed by atoms with Gasteiger partial charge >= 0.3 is 0 Å². The Morgan fingerprint density at radius 2 is 2.16 bits per heavy atom. The number of ether oxygens (including phenoxy) is 1. The second-order valence-electron chi connectivity index (χ2n) is 4.55. The molecule has 0 unspecified atom stereocenters. The second kappa shape index (κ2) is 4.55. The molecule has 1 amide bonds. The molecule has 2 aliphatic rings. The molecule has 0 aliphatic carbocycles. The largest absolute Gasteiger partial charge is 0.390 e. The van der Waals surface area contributed by atoms with Crippen molar-refractivity contribution in [1.29, 1.82) is 0 Å². The zero-order chi connectivity index (χ0) is 13.4. The Morgan fingerprint density at radius 3 is 2.84 bits per heavy atom. The van der Waals surface area contributed by atoms with Gasteiger partial charge in [0.05, 0.1) is 18.8 Å². The molecule has 0 aromatic heterocycles. The highest BCUT2D eigenvalue weighted by Crippen LogP contribution is 2.38. The van der Waals surface area contributed by atoms with Gasteiger partial charge in [0.25, 0.3) is 0 Å². The van der Waals surface area contributed by atoms with Crippen molar-refractivity contribution < 1.29 is 14.6 Å². The highest BCUT2D eigenvalue weighted by atomic mass is 16.5. The van der Waals surface area contributed by atoms with Gasteiger partial charge in [-0.1, -0.05) is 35.4 Å². The van der Waals surface area contributed by atoms with Crippen LogP contribution in [0.1, 0.15) is 11.8 Å². The molecule has 98 valence electrons. The monoisotopic (exact) mass is 260 g/mol. The molecule has 2 heterocycles. The van der Waals surface area contributed by atoms with Crippen LogP contribution in [-0.2, 0) is 9.53 Å². The van der Waals surface area contributed by atoms with Gasteiger partial charge in [-0.25, -0.2) is 0 Å². The number of aliphatic hydroxyl groups excluding tert-OH is 1. The van der Waals surface area contributed by atoms with Crippen LogP contribution in [0.15, 0.2) is 35.4 Å². The lowest BCUT2D eigenvalue weighted by Gasteiger charge is -2.22. The van der Waals surface area contributed by atoms with Crippen molar-refractivity contribution in [2.24, 2.45) is 5.11 Å². The number of hydrogen-bond donors (Lipinski definition) is 1. The zero-order valence-corrected chi connectivity index (χ0v) is 9.96. The topological polar surface area (TPSA) is 98.5 Å². The number of azide groups is 1. The average Bonchev–Trinajstić information content (AvgIpc) is 2.97. The summed E-state index contributed by atoms with van der Waals surface area (Å²) in [7, 11) is 0. The van der Waals surface area contributed by atoms with E-state index in [0.717, 1.165) is 5.56 Å². The van der Waals surface area contributed by atoms with Crippen molar-refractivity contribution in [2.45, 2.75) is 24.4 Å². The Kier molecular flexibility index (Phi) is 2.87. The smallest absolute Gasteiger partial charge is 0.237 e. The minimum absolute atomic E-state index is 0.240. The van der Waals surface area contributed by atoms with Gasteiger partial charge in [0.1, 0.15) is 6.04 Å². The van der Waals surface area contributed by atoms with Crippen molar-refractivity contribution >= 4 is 5.91 Å². The molecule has 2 fully saturated rings. The van der Waals surface area contributed by atoms with Gasteiger partial charge in [0.2, 0.25) is 5.91 Å². The number of fused-ring (bicyclic) bond motifs is 1. The van der Waals surface area contributed by atoms with Crippen molar-refractivity contribution in [3.8, 4) is 0 Å². The number of amides is 1. The van der Waals surface area contributed by atoms with Crippen LogP contribution < -0.4 is 0 Å². The van der Waals surface area contributed by atoms with E-state index in [4.69, 9.17) is 10.3 Å². The summed E-state index contributed by atoms with van der Waals surface area (Å²) in [5.41, 5.74) is 9.29. The number of benzene rings is 1. The van der Waals surface area contributed by atoms with Crippen LogP contribution in [-0.4, -0.2) is 40.7 Å². The van der Waals surface area contributed by atoms with Crippen LogP contribution in [0.2, 0.25) is 0 Å². The first-order chi connectivity index (χ1) is 9.24. The molecule has 2 saturated heterocycles. The molecular weight excluding hydrogens is 248 g/mol. The lowest BCUT2D eigenvalue weighted by atomic mass is 10.1. The lowest BCUT2D eigenvalue weighted by molar-refractivity contribution is -0.135. The van der Waals surface area contributed by atoms with Crippen LogP contribution in [0.4, 0.5) is 0 Å². The first-order valence-electron chi connectivity index (χ1n) is 5.95. The Hall–Kier alpha value is -2.08. The molecule has 1 N–H and O–H groups in total. The molecular formula is C12H12N4O3. The highest BCUT2D eigenvalue weighted by molar-refractivity contribution is 5.86. The molecule has 0 bridgehead atoms. The summed E-state index contributed by atoms with van der Waals surface area (Å²) in [6.07, 6.45) is -1.54. The molecule has 19 heavy (non-hydrogen) atoms. The van der Waals surface area contributed by atoms with E-state index in [1.54, 1.807) is 0 Å². The summed E-state index contributed by atoms with van der Waals surface area (Å²) in [6.45, 7) is 0.240. The maximum absolute atomic E-state index is 12.2. The van der Waals surface area contributed by atoms with E-state index in [2.05, 4.69) is 10.0 Å². The van der Waals surface area contributed by atoms with E-state index < -0.39 is 24.4 Å². The number of rotatable bonds is 2. The van der Waals surface area contributed by atoms with Gasteiger partial charge in [-0.2, -0.15) is 0 Å². The van der Waals surface area contributed by atoms with E-state index in [1.807, 2.05) is 30.3 Å². The number of nitrogens with zero attached hydrogens (tertiary/aromatic N) is 4. The summed E-state index contributed by atoms with van der Waals surface area (Å²) >= 11 is 0. The Labute approximate surface area is 109 Å². The van der Waals surface area contributed by atoms with Crippen molar-refractivity contribution in [1.82, 2.24) is 4.90 Å². The van der Waals surface area contributed by atoms with E-state index in [1.165, 1.54) is 4.90 Å². The molecule has 7 heteroatoms. The summed E-state index contributed by atoms with van der Waals surface area (Å²) < 4.78 is 5.58. The fourth-order valence-corrected chi connectivity index (χ4v) is 2.62. The predicted octanol–water partition coefficient (Wildman–Crippen LogP) is 0.966. The van der Waals surface area contributed by atoms with E-state index in [-0.39, 0.29) is 12.5 Å².